The summed E-state index contributed by atoms with van der Waals surface area (Å²) in [4.78, 5) is 0. The molecule has 0 saturated heterocycles. The van der Waals surface area contributed by atoms with E-state index in [-0.39, 0.29) is 10.8 Å². The molecule has 0 heterocycles. The first-order valence-corrected chi connectivity index (χ1v) is 7.38. The van der Waals surface area contributed by atoms with Crippen molar-refractivity contribution in [3.8, 4) is 6.07 Å². The van der Waals surface area contributed by atoms with Crippen LogP contribution in [0.2, 0.25) is 0 Å². The van der Waals surface area contributed by atoms with Gasteiger partial charge in [-0.2, -0.15) is 5.26 Å². The molecule has 1 aromatic rings. The van der Waals surface area contributed by atoms with Crippen molar-refractivity contribution >= 4 is 10.8 Å². The number of halogens is 1. The van der Waals surface area contributed by atoms with Gasteiger partial charge in [-0.15, -0.1) is 0 Å². The number of nitriles is 1. The van der Waals surface area contributed by atoms with E-state index in [2.05, 4.69) is 5.32 Å². The smallest absolute Gasteiger partial charge is 0.145 e. The number of rotatable bonds is 6. The Balaban J connectivity index is 2.45. The Kier molecular flexibility index (Phi) is 5.96. The molecule has 18 heavy (non-hydrogen) atoms. The Morgan fingerprint density at radius 1 is 1.56 bits per heavy atom. The van der Waals surface area contributed by atoms with Gasteiger partial charge in [-0.1, -0.05) is 19.1 Å². The van der Waals surface area contributed by atoms with Crippen LogP contribution in [0.25, 0.3) is 0 Å². The van der Waals surface area contributed by atoms with Crippen LogP contribution in [0.4, 0.5) is 4.39 Å². The van der Waals surface area contributed by atoms with Gasteiger partial charge in [-0.05, 0) is 19.0 Å². The molecule has 1 rings (SSSR count). The van der Waals surface area contributed by atoms with E-state index in [1.54, 1.807) is 18.4 Å². The Hall–Kier alpha value is -1.25. The van der Waals surface area contributed by atoms with E-state index in [1.807, 2.05) is 13.0 Å². The van der Waals surface area contributed by atoms with Crippen molar-refractivity contribution in [3.63, 3.8) is 0 Å². The molecule has 0 aliphatic carbocycles. The molecule has 0 bridgehead atoms. The maximum absolute atomic E-state index is 13.7. The van der Waals surface area contributed by atoms with Crippen molar-refractivity contribution in [1.82, 2.24) is 5.32 Å². The average molecular weight is 268 g/mol. The van der Waals surface area contributed by atoms with Crippen LogP contribution < -0.4 is 5.32 Å². The van der Waals surface area contributed by atoms with Crippen molar-refractivity contribution in [3.05, 3.63) is 35.1 Å². The minimum absolute atomic E-state index is 0.0670. The largest absolute Gasteiger partial charge is 0.313 e. The minimum atomic E-state index is -0.825. The van der Waals surface area contributed by atoms with Gasteiger partial charge in [0.1, 0.15) is 11.9 Å². The van der Waals surface area contributed by atoms with Crippen LogP contribution in [0.5, 0.6) is 0 Å². The van der Waals surface area contributed by atoms with Crippen LogP contribution in [0.3, 0.4) is 0 Å². The Labute approximate surface area is 109 Å². The van der Waals surface area contributed by atoms with Gasteiger partial charge < -0.3 is 5.32 Å². The van der Waals surface area contributed by atoms with Gasteiger partial charge in [-0.3, -0.25) is 4.21 Å². The van der Waals surface area contributed by atoms with E-state index in [0.29, 0.717) is 18.7 Å². The molecule has 2 atom stereocenters. The minimum Gasteiger partial charge on any atom is -0.313 e. The number of hydrogen-bond donors (Lipinski definition) is 1. The van der Waals surface area contributed by atoms with Crippen LogP contribution in [-0.2, 0) is 17.3 Å². The Morgan fingerprint density at radius 3 is 2.89 bits per heavy atom. The topological polar surface area (TPSA) is 52.9 Å². The van der Waals surface area contributed by atoms with Gasteiger partial charge in [0, 0.05) is 34.4 Å². The van der Waals surface area contributed by atoms with Crippen LogP contribution in [0.15, 0.2) is 18.2 Å². The zero-order valence-corrected chi connectivity index (χ0v) is 11.4. The summed E-state index contributed by atoms with van der Waals surface area (Å²) < 4.78 is 24.8. The molecule has 0 aliphatic rings. The molecule has 0 radical (unpaired) electrons. The lowest BCUT2D eigenvalue weighted by atomic mass is 10.1. The highest BCUT2D eigenvalue weighted by Crippen LogP contribution is 2.11. The molecule has 0 amide bonds. The molecule has 1 aromatic carbocycles. The SMILES string of the molecule is CC(CCNCc1cccc(C#N)c1F)S(C)=O. The third-order valence-corrected chi connectivity index (χ3v) is 4.18. The summed E-state index contributed by atoms with van der Waals surface area (Å²) >= 11 is 0. The fourth-order valence-corrected chi connectivity index (χ4v) is 1.95. The average Bonchev–Trinajstić information content (AvgIpc) is 2.35. The summed E-state index contributed by atoms with van der Waals surface area (Å²) in [6.45, 7) is 2.98. The zero-order valence-electron chi connectivity index (χ0n) is 10.6. The van der Waals surface area contributed by atoms with Crippen molar-refractivity contribution in [2.45, 2.75) is 25.1 Å². The quantitative estimate of drug-likeness (QED) is 0.802. The van der Waals surface area contributed by atoms with Crippen molar-refractivity contribution in [1.29, 1.82) is 5.26 Å². The second-order valence-corrected chi connectivity index (χ2v) is 5.97. The Bertz CT molecular complexity index is 471. The second kappa shape index (κ2) is 7.24. The van der Waals surface area contributed by atoms with Gasteiger partial charge in [0.05, 0.1) is 5.56 Å². The van der Waals surface area contributed by atoms with Crippen LogP contribution in [0.1, 0.15) is 24.5 Å². The van der Waals surface area contributed by atoms with Gasteiger partial charge >= 0.3 is 0 Å². The molecule has 98 valence electrons. The maximum Gasteiger partial charge on any atom is 0.145 e. The second-order valence-electron chi connectivity index (χ2n) is 4.17. The number of nitrogens with one attached hydrogen (secondary N) is 1. The highest BCUT2D eigenvalue weighted by molar-refractivity contribution is 7.84. The molecular formula is C13H17FN2OS. The summed E-state index contributed by atoms with van der Waals surface area (Å²) in [7, 11) is -0.825. The van der Waals surface area contributed by atoms with Gasteiger partial charge in [-0.25, -0.2) is 4.39 Å². The lowest BCUT2D eigenvalue weighted by molar-refractivity contribution is 0.576. The number of benzene rings is 1. The van der Waals surface area contributed by atoms with Crippen molar-refractivity contribution in [2.24, 2.45) is 0 Å². The zero-order chi connectivity index (χ0) is 13.5. The maximum atomic E-state index is 13.7. The summed E-state index contributed by atoms with van der Waals surface area (Å²) in [6.07, 6.45) is 2.46. The van der Waals surface area contributed by atoms with Crippen LogP contribution in [0, 0.1) is 17.1 Å². The van der Waals surface area contributed by atoms with Crippen LogP contribution >= 0.6 is 0 Å². The van der Waals surface area contributed by atoms with E-state index in [0.717, 1.165) is 6.42 Å². The van der Waals surface area contributed by atoms with Crippen molar-refractivity contribution < 1.29 is 8.60 Å². The first-order chi connectivity index (χ1) is 8.56. The van der Waals surface area contributed by atoms with E-state index >= 15 is 0 Å². The summed E-state index contributed by atoms with van der Waals surface area (Å²) in [5, 5.41) is 11.9. The first-order valence-electron chi connectivity index (χ1n) is 5.76. The highest BCUT2D eigenvalue weighted by Gasteiger charge is 2.08. The standard InChI is InChI=1S/C13H17FN2OS/c1-10(18(2)17)6-7-16-9-12-5-3-4-11(8-15)13(12)14/h3-5,10,16H,6-7,9H2,1-2H3. The predicted octanol–water partition coefficient (Wildman–Crippen LogP) is 1.94. The molecule has 0 aliphatic heterocycles. The Morgan fingerprint density at radius 2 is 2.28 bits per heavy atom. The van der Waals surface area contributed by atoms with Crippen molar-refractivity contribution in [2.75, 3.05) is 12.8 Å². The van der Waals surface area contributed by atoms with E-state index < -0.39 is 16.6 Å². The number of nitrogens with zero attached hydrogens (tertiary/aromatic N) is 1. The summed E-state index contributed by atoms with van der Waals surface area (Å²) in [6, 6.07) is 6.60. The molecule has 5 heteroatoms. The molecule has 0 fully saturated rings. The third kappa shape index (κ3) is 4.21. The molecule has 0 aromatic heterocycles. The van der Waals surface area contributed by atoms with Crippen LogP contribution in [-0.4, -0.2) is 22.3 Å². The predicted molar refractivity (Wildman–Crippen MR) is 71.0 cm³/mol. The molecule has 0 saturated carbocycles. The molecule has 0 spiro atoms. The molecular weight excluding hydrogens is 251 g/mol. The lowest BCUT2D eigenvalue weighted by Crippen LogP contribution is -2.21. The van der Waals surface area contributed by atoms with E-state index in [9.17, 15) is 8.60 Å². The summed E-state index contributed by atoms with van der Waals surface area (Å²) in [5.41, 5.74) is 0.552. The molecule has 2 unspecified atom stereocenters. The molecule has 3 nitrogen and oxygen atoms in total. The van der Waals surface area contributed by atoms with E-state index in [4.69, 9.17) is 5.26 Å². The summed E-state index contributed by atoms with van der Waals surface area (Å²) in [5.74, 6) is -0.459. The fraction of sp³-hybridized carbons (Fsp3) is 0.462. The lowest BCUT2D eigenvalue weighted by Gasteiger charge is -2.10. The number of hydrogen-bond acceptors (Lipinski definition) is 3. The monoisotopic (exact) mass is 268 g/mol. The highest BCUT2D eigenvalue weighted by atomic mass is 32.2. The molecule has 1 N–H and O–H groups in total. The third-order valence-electron chi connectivity index (χ3n) is 2.81. The van der Waals surface area contributed by atoms with Gasteiger partial charge in [0.15, 0.2) is 0 Å². The first kappa shape index (κ1) is 14.8. The normalized spacial score (nSPS) is 13.9. The van der Waals surface area contributed by atoms with E-state index in [1.165, 1.54) is 6.07 Å². The van der Waals surface area contributed by atoms with Gasteiger partial charge in [0.25, 0.3) is 0 Å². The fourth-order valence-electron chi connectivity index (χ4n) is 1.50. The van der Waals surface area contributed by atoms with Gasteiger partial charge in [0.2, 0.25) is 0 Å².